The molecule has 4 heterocycles. The Bertz CT molecular complexity index is 1330. The van der Waals surface area contributed by atoms with Crippen molar-refractivity contribution in [3.63, 3.8) is 0 Å². The molecule has 1 amide bonds. The van der Waals surface area contributed by atoms with Crippen LogP contribution in [0, 0.1) is 23.2 Å². The van der Waals surface area contributed by atoms with Gasteiger partial charge in [0.25, 0.3) is 0 Å². The molecule has 1 aliphatic carbocycles. The lowest BCUT2D eigenvalue weighted by Gasteiger charge is -2.39. The number of carbonyl (C=O) groups is 1. The topological polar surface area (TPSA) is 111 Å². The molecule has 9 nitrogen and oxygen atoms in total. The monoisotopic (exact) mass is 507 g/mol. The van der Waals surface area contributed by atoms with E-state index in [0.717, 1.165) is 42.3 Å². The van der Waals surface area contributed by atoms with Crippen LogP contribution in [0.3, 0.4) is 0 Å². The van der Waals surface area contributed by atoms with Crippen molar-refractivity contribution in [2.75, 3.05) is 24.5 Å². The minimum Gasteiger partial charge on any atom is -0.465 e. The molecule has 188 valence electrons. The predicted molar refractivity (Wildman–Crippen MR) is 138 cm³/mol. The van der Waals surface area contributed by atoms with E-state index in [2.05, 4.69) is 32.4 Å². The van der Waals surface area contributed by atoms with Crippen molar-refractivity contribution in [3.8, 4) is 17.3 Å². The van der Waals surface area contributed by atoms with E-state index in [4.69, 9.17) is 16.6 Å². The van der Waals surface area contributed by atoms with Gasteiger partial charge in [0.2, 0.25) is 5.95 Å². The van der Waals surface area contributed by atoms with Crippen molar-refractivity contribution >= 4 is 34.7 Å². The molecule has 1 saturated carbocycles. The molecule has 5 rings (SSSR count). The van der Waals surface area contributed by atoms with Crippen LogP contribution in [0.2, 0.25) is 5.02 Å². The van der Waals surface area contributed by atoms with E-state index in [1.165, 1.54) is 17.7 Å². The fourth-order valence-corrected chi connectivity index (χ4v) is 5.71. The average molecular weight is 508 g/mol. The summed E-state index contributed by atoms with van der Waals surface area (Å²) in [5.41, 5.74) is 3.21. The fourth-order valence-electron chi connectivity index (χ4n) is 5.53. The lowest BCUT2D eigenvalue weighted by atomic mass is 9.83. The van der Waals surface area contributed by atoms with E-state index < -0.39 is 6.09 Å². The number of nitriles is 1. The van der Waals surface area contributed by atoms with Crippen LogP contribution in [0.25, 0.3) is 22.3 Å². The third-order valence-electron chi connectivity index (χ3n) is 7.53. The van der Waals surface area contributed by atoms with Gasteiger partial charge in [-0.2, -0.15) is 5.26 Å². The molecule has 0 aromatic carbocycles. The second kappa shape index (κ2) is 9.94. The molecule has 1 atom stereocenters. The SMILES string of the molecule is CC1CCC(Cn2c(N3CCN(C(=O)O)CC3C)nc3cc(C#N)nc(-c4cncc(Cl)c4)c32)CC1. The Morgan fingerprint density at radius 1 is 1.17 bits per heavy atom. The van der Waals surface area contributed by atoms with Gasteiger partial charge in [-0.1, -0.05) is 31.4 Å². The second-order valence-corrected chi connectivity index (χ2v) is 10.6. The normalized spacial score (nSPS) is 22.6. The average Bonchev–Trinajstić information content (AvgIpc) is 3.22. The van der Waals surface area contributed by atoms with Crippen molar-refractivity contribution < 1.29 is 9.90 Å². The Balaban J connectivity index is 1.66. The van der Waals surface area contributed by atoms with Crippen LogP contribution in [0.5, 0.6) is 0 Å². The number of rotatable bonds is 4. The van der Waals surface area contributed by atoms with E-state index in [-0.39, 0.29) is 11.7 Å². The molecule has 36 heavy (non-hydrogen) atoms. The highest BCUT2D eigenvalue weighted by Gasteiger charge is 2.32. The minimum absolute atomic E-state index is 0.0449. The highest BCUT2D eigenvalue weighted by molar-refractivity contribution is 6.30. The van der Waals surface area contributed by atoms with Crippen LogP contribution in [-0.4, -0.2) is 61.3 Å². The number of amides is 1. The minimum atomic E-state index is -0.898. The highest BCUT2D eigenvalue weighted by atomic mass is 35.5. The van der Waals surface area contributed by atoms with Gasteiger partial charge in [0.05, 0.1) is 21.7 Å². The fraction of sp³-hybridized carbons (Fsp3) is 0.500. The summed E-state index contributed by atoms with van der Waals surface area (Å²) in [4.78, 5) is 29.2. The number of nitrogens with zero attached hydrogens (tertiary/aromatic N) is 7. The number of anilines is 1. The molecule has 3 aromatic rings. The zero-order chi connectivity index (χ0) is 25.4. The number of hydrogen-bond donors (Lipinski definition) is 1. The van der Waals surface area contributed by atoms with E-state index >= 15 is 0 Å². The summed E-state index contributed by atoms with van der Waals surface area (Å²) >= 11 is 6.28. The van der Waals surface area contributed by atoms with Crippen LogP contribution >= 0.6 is 11.6 Å². The quantitative estimate of drug-likeness (QED) is 0.526. The maximum Gasteiger partial charge on any atom is 0.407 e. The first-order chi connectivity index (χ1) is 17.3. The molecule has 2 aliphatic rings. The Kier molecular flexibility index (Phi) is 6.71. The molecule has 2 fully saturated rings. The molecule has 1 saturated heterocycles. The summed E-state index contributed by atoms with van der Waals surface area (Å²) in [6.07, 6.45) is 7.12. The molecule has 0 spiro atoms. The number of halogens is 1. The van der Waals surface area contributed by atoms with Gasteiger partial charge in [-0.15, -0.1) is 0 Å². The lowest BCUT2D eigenvalue weighted by molar-refractivity contribution is 0.135. The molecule has 1 aliphatic heterocycles. The first kappa shape index (κ1) is 24.3. The Labute approximate surface area is 215 Å². The molecular weight excluding hydrogens is 478 g/mol. The summed E-state index contributed by atoms with van der Waals surface area (Å²) in [5.74, 6) is 2.06. The maximum absolute atomic E-state index is 11.6. The standard InChI is InChI=1S/C26H30ClN7O2/c1-16-3-5-18(6-4-16)15-34-24-22(31-25(34)33-8-7-32(26(35)36)14-17(33)2)10-21(11-28)30-23(24)19-9-20(27)13-29-12-19/h9-10,12-13,16-18H,3-8,14-15H2,1-2H3,(H,35,36). The Morgan fingerprint density at radius 2 is 1.94 bits per heavy atom. The number of carboxylic acid groups (broad SMARTS) is 1. The molecule has 3 aromatic heterocycles. The summed E-state index contributed by atoms with van der Waals surface area (Å²) in [6.45, 7) is 6.50. The smallest absolute Gasteiger partial charge is 0.407 e. The van der Waals surface area contributed by atoms with Crippen LogP contribution in [0.4, 0.5) is 10.7 Å². The van der Waals surface area contributed by atoms with Gasteiger partial charge < -0.3 is 19.5 Å². The van der Waals surface area contributed by atoms with Crippen molar-refractivity contribution in [1.29, 1.82) is 5.26 Å². The molecule has 10 heteroatoms. The molecule has 0 bridgehead atoms. The second-order valence-electron chi connectivity index (χ2n) is 10.1. The largest absolute Gasteiger partial charge is 0.465 e. The zero-order valence-electron chi connectivity index (χ0n) is 20.6. The van der Waals surface area contributed by atoms with E-state index in [1.807, 2.05) is 13.0 Å². The van der Waals surface area contributed by atoms with Crippen molar-refractivity contribution in [1.82, 2.24) is 24.4 Å². The highest BCUT2D eigenvalue weighted by Crippen LogP contribution is 2.36. The van der Waals surface area contributed by atoms with Crippen LogP contribution in [0.1, 0.15) is 45.2 Å². The molecule has 1 N–H and O–H groups in total. The summed E-state index contributed by atoms with van der Waals surface area (Å²) in [7, 11) is 0. The maximum atomic E-state index is 11.6. The van der Waals surface area contributed by atoms with Gasteiger partial charge in [-0.3, -0.25) is 4.98 Å². The van der Waals surface area contributed by atoms with Crippen LogP contribution in [-0.2, 0) is 6.54 Å². The molecule has 1 unspecified atom stereocenters. The van der Waals surface area contributed by atoms with Gasteiger partial charge >= 0.3 is 6.09 Å². The summed E-state index contributed by atoms with van der Waals surface area (Å²) in [5, 5.41) is 19.7. The zero-order valence-corrected chi connectivity index (χ0v) is 21.3. The van der Waals surface area contributed by atoms with E-state index in [0.29, 0.717) is 41.8 Å². The Morgan fingerprint density at radius 3 is 2.61 bits per heavy atom. The van der Waals surface area contributed by atoms with Gasteiger partial charge in [0.1, 0.15) is 11.8 Å². The third-order valence-corrected chi connectivity index (χ3v) is 7.74. The summed E-state index contributed by atoms with van der Waals surface area (Å²) < 4.78 is 2.24. The Hall–Kier alpha value is -3.38. The predicted octanol–water partition coefficient (Wildman–Crippen LogP) is 5.03. The third kappa shape index (κ3) is 4.70. The number of imidazole rings is 1. The number of piperazine rings is 1. The lowest BCUT2D eigenvalue weighted by Crippen LogP contribution is -2.54. The van der Waals surface area contributed by atoms with Crippen molar-refractivity contribution in [2.45, 2.75) is 52.1 Å². The number of pyridine rings is 2. The van der Waals surface area contributed by atoms with E-state index in [9.17, 15) is 15.2 Å². The first-order valence-corrected chi connectivity index (χ1v) is 12.9. The van der Waals surface area contributed by atoms with Crippen LogP contribution in [0.15, 0.2) is 24.5 Å². The van der Waals surface area contributed by atoms with Gasteiger partial charge in [0.15, 0.2) is 0 Å². The molecule has 0 radical (unpaired) electrons. The van der Waals surface area contributed by atoms with Gasteiger partial charge in [-0.25, -0.2) is 14.8 Å². The number of aromatic nitrogens is 4. The van der Waals surface area contributed by atoms with Gasteiger partial charge in [-0.05, 0) is 37.7 Å². The number of fused-ring (bicyclic) bond motifs is 1. The van der Waals surface area contributed by atoms with Gasteiger partial charge in [0, 0.05) is 56.2 Å². The van der Waals surface area contributed by atoms with E-state index in [1.54, 1.807) is 18.5 Å². The summed E-state index contributed by atoms with van der Waals surface area (Å²) in [6, 6.07) is 5.67. The molecular formula is C26H30ClN7O2. The van der Waals surface area contributed by atoms with Crippen LogP contribution < -0.4 is 4.90 Å². The van der Waals surface area contributed by atoms with Crippen molar-refractivity contribution in [2.24, 2.45) is 11.8 Å². The van der Waals surface area contributed by atoms with Crippen molar-refractivity contribution in [3.05, 3.63) is 35.2 Å². The number of hydrogen-bond acceptors (Lipinski definition) is 6. The first-order valence-electron chi connectivity index (χ1n) is 12.5.